The van der Waals surface area contributed by atoms with Crippen LogP contribution >= 0.6 is 12.4 Å². The van der Waals surface area contributed by atoms with E-state index in [1.807, 2.05) is 213 Å². The van der Waals surface area contributed by atoms with Gasteiger partial charge in [0, 0.05) is 33.0 Å². The number of para-hydroxylation sites is 6. The van der Waals surface area contributed by atoms with Gasteiger partial charge in [-0.15, -0.1) is 12.4 Å². The molecular weight excluding hydrogens is 1520 g/mol. The number of rotatable bonds is 62. The molecule has 24 nitrogen and oxygen atoms in total. The minimum Gasteiger partial charge on any atom is -0.491 e. The molecule has 0 spiro atoms. The SMILES string of the molecule is C1CCOC1.CCOC(C)OCC(O)COC(COc1ccccc1)COC(COc1ccccc1)COC(COCCCc1ccccc1)COc1ccccc1.Cl.OCC(O)COC(CO)COC(CO)COC(COc1ccccc1)COC(COc1ccccc1)COC(COCCCc1ccccc1)COc1ccccc1. The molecule has 25 heteroatoms. The summed E-state index contributed by atoms with van der Waals surface area (Å²) in [6.07, 6.45) is -0.657. The number of aliphatic hydroxyl groups is 5. The Kier molecular flexibility index (Phi) is 53.7. The monoisotopic (exact) mass is 1650 g/mol. The lowest BCUT2D eigenvalue weighted by molar-refractivity contribution is -0.157. The molecule has 11 unspecified atom stereocenters. The number of benzene rings is 8. The van der Waals surface area contributed by atoms with Crippen molar-refractivity contribution in [2.45, 2.75) is 120 Å². The van der Waals surface area contributed by atoms with E-state index in [0.717, 1.165) is 56.1 Å². The Hall–Kier alpha value is -7.87. The topological polar surface area (TPSA) is 277 Å². The van der Waals surface area contributed by atoms with E-state index in [9.17, 15) is 20.4 Å². The third kappa shape index (κ3) is 46.9. The van der Waals surface area contributed by atoms with Crippen molar-refractivity contribution in [2.75, 3.05) is 165 Å². The van der Waals surface area contributed by atoms with Gasteiger partial charge in [-0.1, -0.05) is 170 Å². The molecule has 0 aromatic heterocycles. The van der Waals surface area contributed by atoms with Gasteiger partial charge in [0.05, 0.1) is 92.5 Å². The molecule has 11 atom stereocenters. The van der Waals surface area contributed by atoms with Crippen LogP contribution in [0.2, 0.25) is 0 Å². The Morgan fingerprint density at radius 3 is 0.803 bits per heavy atom. The molecule has 0 aliphatic carbocycles. The Balaban J connectivity index is 0.000000340. The fraction of sp³-hybridized carbons (Fsp3) is 0.478. The smallest absolute Gasteiger partial charge is 0.154 e. The summed E-state index contributed by atoms with van der Waals surface area (Å²) in [6.45, 7) is 8.51. The fourth-order valence-electron chi connectivity index (χ4n) is 11.0. The Morgan fingerprint density at radius 1 is 0.282 bits per heavy atom. The molecule has 8 aromatic rings. The first-order chi connectivity index (χ1) is 57.1. The zero-order chi connectivity index (χ0) is 81.6. The molecule has 644 valence electrons. The highest BCUT2D eigenvalue weighted by Gasteiger charge is 2.25. The lowest BCUT2D eigenvalue weighted by atomic mass is 10.1. The van der Waals surface area contributed by atoms with Crippen molar-refractivity contribution < 1.29 is 116 Å². The maximum Gasteiger partial charge on any atom is 0.154 e. The van der Waals surface area contributed by atoms with E-state index < -0.39 is 67.8 Å². The lowest BCUT2D eigenvalue weighted by Gasteiger charge is -2.27. The van der Waals surface area contributed by atoms with Crippen LogP contribution in [0.5, 0.6) is 34.5 Å². The van der Waals surface area contributed by atoms with Gasteiger partial charge in [0.2, 0.25) is 0 Å². The van der Waals surface area contributed by atoms with Crippen molar-refractivity contribution in [3.8, 4) is 34.5 Å². The molecule has 0 radical (unpaired) electrons. The highest BCUT2D eigenvalue weighted by atomic mass is 35.5. The number of aliphatic hydroxyl groups excluding tert-OH is 5. The van der Waals surface area contributed by atoms with E-state index in [0.29, 0.717) is 56.9 Å². The van der Waals surface area contributed by atoms with E-state index in [1.165, 1.54) is 24.0 Å². The van der Waals surface area contributed by atoms with Crippen molar-refractivity contribution in [1.82, 2.24) is 0 Å². The Labute approximate surface area is 697 Å². The maximum atomic E-state index is 10.6. The van der Waals surface area contributed by atoms with Crippen LogP contribution in [0.3, 0.4) is 0 Å². The molecule has 1 saturated heterocycles. The normalized spacial score (nSPS) is 14.7. The molecular formula is C92H125ClO24. The number of ether oxygens (including phenoxy) is 19. The van der Waals surface area contributed by atoms with Gasteiger partial charge < -0.3 is 116 Å². The average molecular weight is 1650 g/mol. The molecule has 117 heavy (non-hydrogen) atoms. The van der Waals surface area contributed by atoms with Crippen LogP contribution in [-0.2, 0) is 74.4 Å². The van der Waals surface area contributed by atoms with E-state index in [1.54, 1.807) is 6.92 Å². The Bertz CT molecular complexity index is 3520. The van der Waals surface area contributed by atoms with Gasteiger partial charge in [-0.05, 0) is 136 Å². The van der Waals surface area contributed by atoms with Crippen LogP contribution in [0, 0.1) is 0 Å². The van der Waals surface area contributed by atoms with E-state index >= 15 is 0 Å². The van der Waals surface area contributed by atoms with Crippen LogP contribution in [0.4, 0.5) is 0 Å². The summed E-state index contributed by atoms with van der Waals surface area (Å²) in [4.78, 5) is 0. The van der Waals surface area contributed by atoms with Crippen molar-refractivity contribution in [3.63, 3.8) is 0 Å². The summed E-state index contributed by atoms with van der Waals surface area (Å²) in [7, 11) is 0. The summed E-state index contributed by atoms with van der Waals surface area (Å²) in [5.41, 5.74) is 2.54. The second-order valence-electron chi connectivity index (χ2n) is 27.2. The van der Waals surface area contributed by atoms with Gasteiger partial charge in [-0.3, -0.25) is 0 Å². The molecule has 8 aromatic carbocycles. The second kappa shape index (κ2) is 64.1. The van der Waals surface area contributed by atoms with E-state index in [4.69, 9.17) is 95.1 Å². The van der Waals surface area contributed by atoms with Crippen molar-refractivity contribution >= 4 is 12.4 Å². The summed E-state index contributed by atoms with van der Waals surface area (Å²) < 4.78 is 114. The highest BCUT2D eigenvalue weighted by molar-refractivity contribution is 5.85. The molecule has 9 rings (SSSR count). The fourth-order valence-corrected chi connectivity index (χ4v) is 11.0. The predicted molar refractivity (Wildman–Crippen MR) is 448 cm³/mol. The molecule has 5 N–H and O–H groups in total. The minimum atomic E-state index is -1.08. The van der Waals surface area contributed by atoms with Crippen LogP contribution in [0.15, 0.2) is 243 Å². The first-order valence-electron chi connectivity index (χ1n) is 40.3. The van der Waals surface area contributed by atoms with Crippen LogP contribution < -0.4 is 28.4 Å². The number of hydrogen-bond acceptors (Lipinski definition) is 24. The third-order valence-corrected chi connectivity index (χ3v) is 17.4. The van der Waals surface area contributed by atoms with Crippen LogP contribution in [0.25, 0.3) is 0 Å². The van der Waals surface area contributed by atoms with Crippen LogP contribution in [-0.4, -0.2) is 258 Å². The second-order valence-corrected chi connectivity index (χ2v) is 27.2. The lowest BCUT2D eigenvalue weighted by Crippen LogP contribution is -2.39. The molecule has 1 heterocycles. The molecule has 0 amide bonds. The molecule has 1 aliphatic rings. The van der Waals surface area contributed by atoms with Crippen molar-refractivity contribution in [3.05, 3.63) is 254 Å². The van der Waals surface area contributed by atoms with Crippen molar-refractivity contribution in [1.29, 1.82) is 0 Å². The number of hydrogen-bond donors (Lipinski definition) is 5. The number of aryl methyl sites for hydroxylation is 2. The standard InChI is InChI=1S/C45H60O13.C43H56O10.C4H8O.ClH/c46-24-37(49)27-51-41(25-47)29-55-42(26-48)30-56-44(32-53-39-19-9-3-10-20-39)35-58-45(33-54-40-21-11-4-12-22-40)34-57-43(31-52-38-17-7-2-8-18-38)28-50-23-13-16-36-14-5-1-6-15-36;1-3-46-35(2)47-27-37(44)28-48-42(31-50-39-22-12-6-13-23-39)33-53-43(32-51-40-24-14-7-15-25-40)34-52-41(30-49-38-20-10-5-11-21-38)29-45-26-16-19-36-17-8-4-9-18-36;1-2-4-5-3-1;/h1-12,14-15,17-22,37,41-49H,13,16,23-35H2;4-15,17-18,20-25,35,37,41-44H,3,16,19,26-34H2,1-2H3;1-4H2;1H. The van der Waals surface area contributed by atoms with Gasteiger partial charge in [-0.2, -0.15) is 0 Å². The van der Waals surface area contributed by atoms with Gasteiger partial charge in [-0.25, -0.2) is 0 Å². The largest absolute Gasteiger partial charge is 0.491 e. The minimum absolute atomic E-state index is 0. The van der Waals surface area contributed by atoms with Crippen LogP contribution in [0.1, 0.15) is 50.7 Å². The van der Waals surface area contributed by atoms with E-state index in [-0.39, 0.29) is 124 Å². The molecule has 0 bridgehead atoms. The maximum absolute atomic E-state index is 10.6. The molecule has 0 saturated carbocycles. The third-order valence-electron chi connectivity index (χ3n) is 17.4. The zero-order valence-corrected chi connectivity index (χ0v) is 68.6. The summed E-state index contributed by atoms with van der Waals surface area (Å²) >= 11 is 0. The first kappa shape index (κ1) is 98.0. The Morgan fingerprint density at radius 2 is 0.530 bits per heavy atom. The van der Waals surface area contributed by atoms with Crippen molar-refractivity contribution in [2.24, 2.45) is 0 Å². The van der Waals surface area contributed by atoms with Gasteiger partial charge >= 0.3 is 0 Å². The summed E-state index contributed by atoms with van der Waals surface area (Å²) in [5, 5.41) is 49.0. The van der Waals surface area contributed by atoms with E-state index in [2.05, 4.69) is 36.4 Å². The molecule has 1 fully saturated rings. The predicted octanol–water partition coefficient (Wildman–Crippen LogP) is 12.1. The molecule has 1 aliphatic heterocycles. The first-order valence-corrected chi connectivity index (χ1v) is 40.3. The average Bonchev–Trinajstić information content (AvgIpc) is 1.23. The zero-order valence-electron chi connectivity index (χ0n) is 67.8. The quantitative estimate of drug-likeness (QED) is 0.0175. The highest BCUT2D eigenvalue weighted by Crippen LogP contribution is 2.19. The summed E-state index contributed by atoms with van der Waals surface area (Å²) in [5.74, 6) is 4.23. The van der Waals surface area contributed by atoms with Gasteiger partial charge in [0.1, 0.15) is 135 Å². The van der Waals surface area contributed by atoms with Gasteiger partial charge in [0.15, 0.2) is 6.29 Å². The summed E-state index contributed by atoms with van der Waals surface area (Å²) in [6, 6.07) is 77.7. The van der Waals surface area contributed by atoms with Gasteiger partial charge in [0.25, 0.3) is 0 Å². The number of halogens is 1.